The first-order valence-electron chi connectivity index (χ1n) is 9.03. The van der Waals surface area contributed by atoms with Gasteiger partial charge in [-0.3, -0.25) is 4.79 Å². The Hall–Kier alpha value is -1.96. The SMILES string of the molecule is CC1CC(C)CN(S(=O)(=O)c2ccc(F)c(C(=O)Nc3ccc(Cl)cc3)c2)C1. The first-order chi connectivity index (χ1) is 13.2. The number of carbonyl (C=O) groups is 1. The zero-order valence-corrected chi connectivity index (χ0v) is 17.2. The largest absolute Gasteiger partial charge is 0.322 e. The van der Waals surface area contributed by atoms with Gasteiger partial charge in [-0.15, -0.1) is 0 Å². The molecule has 1 heterocycles. The van der Waals surface area contributed by atoms with E-state index in [9.17, 15) is 17.6 Å². The molecule has 0 spiro atoms. The summed E-state index contributed by atoms with van der Waals surface area (Å²) in [6, 6.07) is 9.65. The smallest absolute Gasteiger partial charge is 0.258 e. The van der Waals surface area contributed by atoms with E-state index in [1.54, 1.807) is 24.3 Å². The van der Waals surface area contributed by atoms with Crippen LogP contribution in [0.3, 0.4) is 0 Å². The molecule has 1 amide bonds. The van der Waals surface area contributed by atoms with E-state index in [0.717, 1.165) is 18.6 Å². The van der Waals surface area contributed by atoms with Crippen molar-refractivity contribution in [2.45, 2.75) is 25.2 Å². The maximum atomic E-state index is 14.3. The fourth-order valence-electron chi connectivity index (χ4n) is 3.52. The number of carbonyl (C=O) groups excluding carboxylic acids is 1. The summed E-state index contributed by atoms with van der Waals surface area (Å²) in [5.74, 6) is -1.03. The van der Waals surface area contributed by atoms with Crippen molar-refractivity contribution >= 4 is 33.2 Å². The van der Waals surface area contributed by atoms with E-state index < -0.39 is 21.7 Å². The van der Waals surface area contributed by atoms with E-state index in [2.05, 4.69) is 5.32 Å². The Morgan fingerprint density at radius 2 is 1.71 bits per heavy atom. The van der Waals surface area contributed by atoms with E-state index in [1.165, 1.54) is 10.4 Å². The monoisotopic (exact) mass is 424 g/mol. The Bertz CT molecular complexity index is 969. The molecule has 1 aliphatic heterocycles. The second kappa shape index (κ2) is 8.19. The summed E-state index contributed by atoms with van der Waals surface area (Å²) in [7, 11) is -3.81. The molecule has 1 aliphatic rings. The number of amides is 1. The van der Waals surface area contributed by atoms with Crippen molar-refractivity contribution < 1.29 is 17.6 Å². The quantitative estimate of drug-likeness (QED) is 0.791. The molecule has 5 nitrogen and oxygen atoms in total. The second-order valence-corrected chi connectivity index (χ2v) is 9.75. The van der Waals surface area contributed by atoms with Crippen LogP contribution in [0.4, 0.5) is 10.1 Å². The van der Waals surface area contributed by atoms with Crippen molar-refractivity contribution in [2.24, 2.45) is 11.8 Å². The van der Waals surface area contributed by atoms with Gasteiger partial charge in [-0.05, 0) is 60.7 Å². The third-order valence-electron chi connectivity index (χ3n) is 4.76. The van der Waals surface area contributed by atoms with Gasteiger partial charge in [-0.25, -0.2) is 12.8 Å². The third-order valence-corrected chi connectivity index (χ3v) is 6.84. The van der Waals surface area contributed by atoms with Gasteiger partial charge in [0.1, 0.15) is 5.82 Å². The van der Waals surface area contributed by atoms with Crippen LogP contribution in [0, 0.1) is 17.7 Å². The van der Waals surface area contributed by atoms with Crippen LogP contribution in [0.15, 0.2) is 47.4 Å². The van der Waals surface area contributed by atoms with E-state index in [0.29, 0.717) is 23.8 Å². The second-order valence-electron chi connectivity index (χ2n) is 7.37. The first kappa shape index (κ1) is 20.8. The standard InChI is InChI=1S/C20H22ClFN2O3S/c1-13-9-14(2)12-24(11-13)28(26,27)17-7-8-19(22)18(10-17)20(25)23-16-5-3-15(21)4-6-16/h3-8,10,13-14H,9,11-12H2,1-2H3,(H,23,25). The third kappa shape index (κ3) is 4.54. The molecule has 1 saturated heterocycles. The lowest BCUT2D eigenvalue weighted by Crippen LogP contribution is -2.42. The van der Waals surface area contributed by atoms with Crippen molar-refractivity contribution in [1.82, 2.24) is 4.31 Å². The number of rotatable bonds is 4. The molecule has 0 saturated carbocycles. The maximum Gasteiger partial charge on any atom is 0.258 e. The Morgan fingerprint density at radius 1 is 1.11 bits per heavy atom. The number of nitrogens with one attached hydrogen (secondary N) is 1. The molecular formula is C20H22ClFN2O3S. The number of sulfonamides is 1. The van der Waals surface area contributed by atoms with Gasteiger partial charge in [-0.2, -0.15) is 4.31 Å². The number of anilines is 1. The Balaban J connectivity index is 1.88. The minimum absolute atomic E-state index is 0.0866. The van der Waals surface area contributed by atoms with Crippen LogP contribution >= 0.6 is 11.6 Å². The molecule has 28 heavy (non-hydrogen) atoms. The fourth-order valence-corrected chi connectivity index (χ4v) is 5.35. The highest BCUT2D eigenvalue weighted by molar-refractivity contribution is 7.89. The molecule has 3 rings (SSSR count). The molecule has 2 atom stereocenters. The molecule has 0 aliphatic carbocycles. The highest BCUT2D eigenvalue weighted by Crippen LogP contribution is 2.27. The fraction of sp³-hybridized carbons (Fsp3) is 0.350. The van der Waals surface area contributed by atoms with Crippen LogP contribution in [0.25, 0.3) is 0 Å². The van der Waals surface area contributed by atoms with E-state index >= 15 is 0 Å². The van der Waals surface area contributed by atoms with E-state index in [1.807, 2.05) is 13.8 Å². The van der Waals surface area contributed by atoms with Crippen LogP contribution in [0.1, 0.15) is 30.6 Å². The predicted octanol–water partition coefficient (Wildman–Crippen LogP) is 4.40. The number of piperidine rings is 1. The summed E-state index contributed by atoms with van der Waals surface area (Å²) in [5, 5.41) is 3.05. The zero-order chi connectivity index (χ0) is 20.5. The van der Waals surface area contributed by atoms with Gasteiger partial charge in [0.2, 0.25) is 10.0 Å². The lowest BCUT2D eigenvalue weighted by Gasteiger charge is -2.34. The number of hydrogen-bond acceptors (Lipinski definition) is 3. The Morgan fingerprint density at radius 3 is 2.32 bits per heavy atom. The van der Waals surface area contributed by atoms with Crippen molar-refractivity contribution in [2.75, 3.05) is 18.4 Å². The summed E-state index contributed by atoms with van der Waals surface area (Å²) >= 11 is 5.81. The number of benzene rings is 2. The Kier molecular flexibility index (Phi) is 6.07. The maximum absolute atomic E-state index is 14.3. The van der Waals surface area contributed by atoms with E-state index in [-0.39, 0.29) is 22.3 Å². The molecule has 1 N–H and O–H groups in total. The highest BCUT2D eigenvalue weighted by atomic mass is 35.5. The molecule has 0 radical (unpaired) electrons. The summed E-state index contributed by atoms with van der Waals surface area (Å²) in [4.78, 5) is 12.4. The van der Waals surface area contributed by atoms with Crippen molar-refractivity contribution in [3.05, 3.63) is 58.9 Å². The zero-order valence-electron chi connectivity index (χ0n) is 15.7. The van der Waals surface area contributed by atoms with Crippen LogP contribution in [0.2, 0.25) is 5.02 Å². The predicted molar refractivity (Wildman–Crippen MR) is 108 cm³/mol. The normalized spacial score (nSPS) is 20.7. The Labute approximate surface area is 169 Å². The van der Waals surface area contributed by atoms with Gasteiger partial charge >= 0.3 is 0 Å². The van der Waals surface area contributed by atoms with Crippen LogP contribution < -0.4 is 5.32 Å². The minimum atomic E-state index is -3.81. The number of nitrogens with zero attached hydrogens (tertiary/aromatic N) is 1. The molecule has 1 fully saturated rings. The molecule has 0 aromatic heterocycles. The van der Waals surface area contributed by atoms with Gasteiger partial charge < -0.3 is 5.32 Å². The number of hydrogen-bond donors (Lipinski definition) is 1. The van der Waals surface area contributed by atoms with Crippen molar-refractivity contribution in [3.63, 3.8) is 0 Å². The minimum Gasteiger partial charge on any atom is -0.322 e. The summed E-state index contributed by atoms with van der Waals surface area (Å²) < 4.78 is 41.7. The van der Waals surface area contributed by atoms with Gasteiger partial charge in [0.15, 0.2) is 0 Å². The van der Waals surface area contributed by atoms with Gasteiger partial charge in [-0.1, -0.05) is 25.4 Å². The van der Waals surface area contributed by atoms with Crippen molar-refractivity contribution in [3.8, 4) is 0 Å². The molecule has 2 aromatic carbocycles. The molecule has 150 valence electrons. The topological polar surface area (TPSA) is 66.5 Å². The molecular weight excluding hydrogens is 403 g/mol. The average molecular weight is 425 g/mol. The van der Waals surface area contributed by atoms with Crippen molar-refractivity contribution in [1.29, 1.82) is 0 Å². The van der Waals surface area contributed by atoms with Gasteiger partial charge in [0, 0.05) is 23.8 Å². The van der Waals surface area contributed by atoms with Crippen LogP contribution in [-0.4, -0.2) is 31.7 Å². The molecule has 2 aromatic rings. The van der Waals surface area contributed by atoms with Crippen LogP contribution in [-0.2, 0) is 10.0 Å². The molecule has 0 bridgehead atoms. The number of halogens is 2. The summed E-state index contributed by atoms with van der Waals surface area (Å²) in [5.41, 5.74) is 0.106. The summed E-state index contributed by atoms with van der Waals surface area (Å²) in [6.07, 6.45) is 0.962. The van der Waals surface area contributed by atoms with E-state index in [4.69, 9.17) is 11.6 Å². The first-order valence-corrected chi connectivity index (χ1v) is 10.8. The van der Waals surface area contributed by atoms with Crippen LogP contribution in [0.5, 0.6) is 0 Å². The lowest BCUT2D eigenvalue weighted by atomic mass is 9.94. The summed E-state index contributed by atoms with van der Waals surface area (Å²) in [6.45, 7) is 4.84. The average Bonchev–Trinajstić information content (AvgIpc) is 2.63. The van der Waals surface area contributed by atoms with Gasteiger partial charge in [0.25, 0.3) is 5.91 Å². The molecule has 8 heteroatoms. The van der Waals surface area contributed by atoms with Gasteiger partial charge in [0.05, 0.1) is 10.5 Å². The molecule has 2 unspecified atom stereocenters. The highest BCUT2D eigenvalue weighted by Gasteiger charge is 2.32. The lowest BCUT2D eigenvalue weighted by molar-refractivity contribution is 0.102.